The maximum Gasteiger partial charge on any atom is 0.244 e. The molecular weight excluding hydrogens is 266 g/mol. The quantitative estimate of drug-likeness (QED) is 0.432. The molecule has 1 rings (SSSR count). The van der Waals surface area contributed by atoms with E-state index in [9.17, 15) is 4.79 Å². The van der Waals surface area contributed by atoms with Crippen molar-refractivity contribution in [3.63, 3.8) is 0 Å². The summed E-state index contributed by atoms with van der Waals surface area (Å²) < 4.78 is 10.6. The van der Waals surface area contributed by atoms with Crippen LogP contribution in [0.25, 0.3) is 6.08 Å². The van der Waals surface area contributed by atoms with Gasteiger partial charge in [0.05, 0.1) is 19.8 Å². The molecule has 4 nitrogen and oxygen atoms in total. The number of benzene rings is 1. The van der Waals surface area contributed by atoms with Crippen LogP contribution in [-0.4, -0.2) is 32.3 Å². The van der Waals surface area contributed by atoms with E-state index >= 15 is 0 Å². The molecule has 21 heavy (non-hydrogen) atoms. The molecule has 0 bridgehead atoms. The second kappa shape index (κ2) is 9.77. The Morgan fingerprint density at radius 3 is 2.67 bits per heavy atom. The molecule has 1 aromatic carbocycles. The first kappa shape index (κ1) is 17.0. The number of ether oxygens (including phenoxy) is 2. The molecular formula is C17H23NO3. The van der Waals surface area contributed by atoms with E-state index in [-0.39, 0.29) is 5.91 Å². The van der Waals surface area contributed by atoms with Gasteiger partial charge in [-0.3, -0.25) is 4.79 Å². The van der Waals surface area contributed by atoms with Crippen molar-refractivity contribution < 1.29 is 14.3 Å². The number of rotatable bonds is 9. The summed E-state index contributed by atoms with van der Waals surface area (Å²) in [5.41, 5.74) is 1.92. The molecule has 0 saturated heterocycles. The van der Waals surface area contributed by atoms with Gasteiger partial charge in [0.2, 0.25) is 5.91 Å². The average Bonchev–Trinajstić information content (AvgIpc) is 2.46. The second-order valence-electron chi connectivity index (χ2n) is 4.64. The van der Waals surface area contributed by atoms with Crippen molar-refractivity contribution in [2.45, 2.75) is 13.8 Å². The fourth-order valence-corrected chi connectivity index (χ4v) is 1.57. The van der Waals surface area contributed by atoms with Gasteiger partial charge in [-0.25, -0.2) is 0 Å². The Morgan fingerprint density at radius 2 is 2.05 bits per heavy atom. The highest BCUT2D eigenvalue weighted by atomic mass is 16.5. The van der Waals surface area contributed by atoms with Gasteiger partial charge in [0, 0.05) is 12.6 Å². The topological polar surface area (TPSA) is 47.6 Å². The molecule has 0 radical (unpaired) electrons. The molecule has 0 aliphatic heterocycles. The molecule has 1 N–H and O–H groups in total. The van der Waals surface area contributed by atoms with Crippen LogP contribution < -0.4 is 10.1 Å². The standard InChI is InChI=1S/C17H23NO3/c1-4-21-16-8-5-15(6-9-16)7-10-17(19)18-11-12-20-13-14(2)3/h5-10H,2,4,11-13H2,1,3H3,(H,18,19)/b10-7+. The molecule has 0 aliphatic carbocycles. The van der Waals surface area contributed by atoms with Crippen LogP contribution in [0.1, 0.15) is 19.4 Å². The van der Waals surface area contributed by atoms with Crippen LogP contribution in [0, 0.1) is 0 Å². The van der Waals surface area contributed by atoms with Crippen LogP contribution >= 0.6 is 0 Å². The number of amides is 1. The van der Waals surface area contributed by atoms with Gasteiger partial charge in [-0.2, -0.15) is 0 Å². The van der Waals surface area contributed by atoms with Gasteiger partial charge in [-0.15, -0.1) is 0 Å². The van der Waals surface area contributed by atoms with Crippen molar-refractivity contribution in [2.75, 3.05) is 26.4 Å². The summed E-state index contributed by atoms with van der Waals surface area (Å²) in [6.07, 6.45) is 3.27. The third-order valence-corrected chi connectivity index (χ3v) is 2.51. The van der Waals surface area contributed by atoms with Gasteiger partial charge in [-0.1, -0.05) is 24.3 Å². The normalized spacial score (nSPS) is 10.6. The lowest BCUT2D eigenvalue weighted by molar-refractivity contribution is -0.116. The molecule has 1 aromatic rings. The first-order chi connectivity index (χ1) is 10.1. The Kier molecular flexibility index (Phi) is 7.90. The Hall–Kier alpha value is -2.07. The van der Waals surface area contributed by atoms with Crippen LogP contribution in [0.15, 0.2) is 42.5 Å². The Labute approximate surface area is 126 Å². The monoisotopic (exact) mass is 289 g/mol. The van der Waals surface area contributed by atoms with Crippen molar-refractivity contribution in [3.8, 4) is 5.75 Å². The fourth-order valence-electron chi connectivity index (χ4n) is 1.57. The zero-order valence-corrected chi connectivity index (χ0v) is 12.7. The van der Waals surface area contributed by atoms with Crippen molar-refractivity contribution in [3.05, 3.63) is 48.1 Å². The number of hydrogen-bond donors (Lipinski definition) is 1. The Bertz CT molecular complexity index is 477. The zero-order chi connectivity index (χ0) is 15.5. The van der Waals surface area contributed by atoms with Crippen molar-refractivity contribution in [1.29, 1.82) is 0 Å². The summed E-state index contributed by atoms with van der Waals surface area (Å²) >= 11 is 0. The molecule has 0 aromatic heterocycles. The Morgan fingerprint density at radius 1 is 1.33 bits per heavy atom. The molecule has 0 aliphatic rings. The number of carbonyl (C=O) groups excluding carboxylic acids is 1. The van der Waals surface area contributed by atoms with Gasteiger partial charge in [0.15, 0.2) is 0 Å². The predicted octanol–water partition coefficient (Wildman–Crippen LogP) is 2.81. The zero-order valence-electron chi connectivity index (χ0n) is 12.7. The predicted molar refractivity (Wildman–Crippen MR) is 85.3 cm³/mol. The molecule has 0 saturated carbocycles. The van der Waals surface area contributed by atoms with Crippen LogP contribution in [0.2, 0.25) is 0 Å². The minimum absolute atomic E-state index is 0.136. The molecule has 0 heterocycles. The maximum atomic E-state index is 11.6. The van der Waals surface area contributed by atoms with E-state index in [4.69, 9.17) is 9.47 Å². The summed E-state index contributed by atoms with van der Waals surface area (Å²) in [4.78, 5) is 11.6. The second-order valence-corrected chi connectivity index (χ2v) is 4.64. The highest BCUT2D eigenvalue weighted by molar-refractivity contribution is 5.91. The molecule has 0 spiro atoms. The number of carbonyl (C=O) groups is 1. The van der Waals surface area contributed by atoms with E-state index in [1.165, 1.54) is 6.08 Å². The molecule has 0 atom stereocenters. The fraction of sp³-hybridized carbons (Fsp3) is 0.353. The summed E-state index contributed by atoms with van der Waals surface area (Å²) in [6, 6.07) is 7.58. The minimum Gasteiger partial charge on any atom is -0.494 e. The lowest BCUT2D eigenvalue weighted by Gasteiger charge is -2.04. The average molecular weight is 289 g/mol. The lowest BCUT2D eigenvalue weighted by atomic mass is 10.2. The first-order valence-corrected chi connectivity index (χ1v) is 7.02. The Balaban J connectivity index is 2.28. The third kappa shape index (κ3) is 7.95. The van der Waals surface area contributed by atoms with Crippen LogP contribution in [0.5, 0.6) is 5.75 Å². The molecule has 1 amide bonds. The number of nitrogens with one attached hydrogen (secondary N) is 1. The third-order valence-electron chi connectivity index (χ3n) is 2.51. The van der Waals surface area contributed by atoms with Gasteiger partial charge in [-0.05, 0) is 37.6 Å². The number of hydrogen-bond acceptors (Lipinski definition) is 3. The van der Waals surface area contributed by atoms with Gasteiger partial charge < -0.3 is 14.8 Å². The largest absolute Gasteiger partial charge is 0.494 e. The SMILES string of the molecule is C=C(C)COCCNC(=O)/C=C/c1ccc(OCC)cc1. The van der Waals surface area contributed by atoms with Crippen molar-refractivity contribution in [1.82, 2.24) is 5.32 Å². The van der Waals surface area contributed by atoms with E-state index in [0.717, 1.165) is 16.9 Å². The minimum atomic E-state index is -0.136. The molecule has 0 fully saturated rings. The van der Waals surface area contributed by atoms with E-state index in [0.29, 0.717) is 26.4 Å². The molecule has 0 unspecified atom stereocenters. The first-order valence-electron chi connectivity index (χ1n) is 7.02. The van der Waals surface area contributed by atoms with E-state index in [2.05, 4.69) is 11.9 Å². The van der Waals surface area contributed by atoms with Gasteiger partial charge in [0.1, 0.15) is 5.75 Å². The molecule has 4 heteroatoms. The summed E-state index contributed by atoms with van der Waals surface area (Å²) in [6.45, 7) is 9.72. The van der Waals surface area contributed by atoms with Crippen LogP contribution in [-0.2, 0) is 9.53 Å². The van der Waals surface area contributed by atoms with Crippen LogP contribution in [0.3, 0.4) is 0 Å². The summed E-state index contributed by atoms with van der Waals surface area (Å²) in [5, 5.41) is 2.75. The van der Waals surface area contributed by atoms with E-state index in [1.54, 1.807) is 6.08 Å². The lowest BCUT2D eigenvalue weighted by Crippen LogP contribution is -2.25. The van der Waals surface area contributed by atoms with Crippen LogP contribution in [0.4, 0.5) is 0 Å². The smallest absolute Gasteiger partial charge is 0.244 e. The maximum absolute atomic E-state index is 11.6. The highest BCUT2D eigenvalue weighted by Crippen LogP contribution is 2.12. The highest BCUT2D eigenvalue weighted by Gasteiger charge is 1.96. The summed E-state index contributed by atoms with van der Waals surface area (Å²) in [7, 11) is 0. The van der Waals surface area contributed by atoms with Gasteiger partial charge in [0.25, 0.3) is 0 Å². The van der Waals surface area contributed by atoms with E-state index < -0.39 is 0 Å². The van der Waals surface area contributed by atoms with E-state index in [1.807, 2.05) is 38.1 Å². The van der Waals surface area contributed by atoms with Crippen molar-refractivity contribution in [2.24, 2.45) is 0 Å². The van der Waals surface area contributed by atoms with Gasteiger partial charge >= 0.3 is 0 Å². The molecule has 114 valence electrons. The summed E-state index contributed by atoms with van der Waals surface area (Å²) in [5.74, 6) is 0.691. The van der Waals surface area contributed by atoms with Crippen molar-refractivity contribution >= 4 is 12.0 Å².